The third-order valence-corrected chi connectivity index (χ3v) is 3.28. The molecule has 0 radical (unpaired) electrons. The number of fused-ring (bicyclic) bond motifs is 3. The zero-order valence-corrected chi connectivity index (χ0v) is 10.3. The first-order chi connectivity index (χ1) is 9.33. The van der Waals surface area contributed by atoms with E-state index in [2.05, 4.69) is 20.1 Å². The highest BCUT2D eigenvalue weighted by atomic mass is 35.5. The van der Waals surface area contributed by atoms with E-state index < -0.39 is 0 Å². The first-order valence-corrected chi connectivity index (χ1v) is 6.04. The monoisotopic (exact) mass is 270 g/mol. The molecular formula is C13H7ClN4O. The predicted octanol–water partition coefficient (Wildman–Crippen LogP) is 3.42. The average molecular weight is 271 g/mol. The smallest absolute Gasteiger partial charge is 0.160 e. The van der Waals surface area contributed by atoms with Crippen LogP contribution in [0.2, 0.25) is 5.02 Å². The predicted molar refractivity (Wildman–Crippen MR) is 71.9 cm³/mol. The van der Waals surface area contributed by atoms with E-state index in [9.17, 15) is 0 Å². The van der Waals surface area contributed by atoms with Gasteiger partial charge in [-0.15, -0.1) is 0 Å². The van der Waals surface area contributed by atoms with E-state index in [-0.39, 0.29) is 0 Å². The molecule has 4 aromatic rings. The quantitative estimate of drug-likeness (QED) is 0.575. The van der Waals surface area contributed by atoms with Crippen molar-refractivity contribution in [2.24, 2.45) is 0 Å². The Kier molecular flexibility index (Phi) is 2.10. The van der Waals surface area contributed by atoms with Gasteiger partial charge in [0.25, 0.3) is 0 Å². The second-order valence-electron chi connectivity index (χ2n) is 4.13. The normalized spacial score (nSPS) is 11.4. The molecular weight excluding hydrogens is 264 g/mol. The molecule has 19 heavy (non-hydrogen) atoms. The zero-order valence-electron chi connectivity index (χ0n) is 9.59. The zero-order chi connectivity index (χ0) is 12.8. The maximum atomic E-state index is 6.14. The molecule has 1 N–H and O–H groups in total. The molecule has 0 amide bonds. The van der Waals surface area contributed by atoms with E-state index in [1.807, 2.05) is 18.2 Å². The summed E-state index contributed by atoms with van der Waals surface area (Å²) in [4.78, 5) is 12.1. The van der Waals surface area contributed by atoms with Gasteiger partial charge in [-0.1, -0.05) is 28.9 Å². The van der Waals surface area contributed by atoms with Crippen molar-refractivity contribution in [3.05, 3.63) is 41.7 Å². The lowest BCUT2D eigenvalue weighted by Crippen LogP contribution is -1.81. The van der Waals surface area contributed by atoms with Gasteiger partial charge in [0, 0.05) is 11.5 Å². The maximum Gasteiger partial charge on any atom is 0.160 e. The fraction of sp³-hybridized carbons (Fsp3) is 0. The Morgan fingerprint density at radius 3 is 2.95 bits per heavy atom. The average Bonchev–Trinajstić information content (AvgIpc) is 3.08. The fourth-order valence-corrected chi connectivity index (χ4v) is 2.33. The number of aromatic amines is 1. The van der Waals surface area contributed by atoms with Gasteiger partial charge in [0.1, 0.15) is 17.5 Å². The van der Waals surface area contributed by atoms with Crippen LogP contribution in [-0.2, 0) is 0 Å². The van der Waals surface area contributed by atoms with Gasteiger partial charge in [-0.25, -0.2) is 4.98 Å². The second-order valence-corrected chi connectivity index (χ2v) is 4.53. The van der Waals surface area contributed by atoms with Crippen LogP contribution in [0.3, 0.4) is 0 Å². The Morgan fingerprint density at radius 2 is 2.11 bits per heavy atom. The molecule has 3 heterocycles. The van der Waals surface area contributed by atoms with Crippen LogP contribution in [0.15, 0.2) is 41.2 Å². The number of hydrogen-bond acceptors (Lipinski definition) is 4. The first kappa shape index (κ1) is 10.5. The number of hydrogen-bond donors (Lipinski definition) is 1. The van der Waals surface area contributed by atoms with Crippen molar-refractivity contribution in [1.29, 1.82) is 0 Å². The Morgan fingerprint density at radius 1 is 1.16 bits per heavy atom. The minimum Gasteiger partial charge on any atom is -0.364 e. The number of halogens is 1. The molecule has 0 aliphatic heterocycles. The van der Waals surface area contributed by atoms with Crippen molar-refractivity contribution in [3.8, 4) is 11.5 Å². The minimum atomic E-state index is 0.616. The lowest BCUT2D eigenvalue weighted by molar-refractivity contribution is 0.422. The van der Waals surface area contributed by atoms with Crippen molar-refractivity contribution in [3.63, 3.8) is 0 Å². The standard InChI is InChI=1S/C13H7ClN4O/c14-8-3-1-2-7-11(8)15-6-10-12(7)17-13(16-10)9-4-5-19-18-9/h1-6H,(H,16,17). The molecule has 0 unspecified atom stereocenters. The summed E-state index contributed by atoms with van der Waals surface area (Å²) in [6.07, 6.45) is 3.23. The van der Waals surface area contributed by atoms with Gasteiger partial charge in [0.15, 0.2) is 5.82 Å². The Labute approximate surface area is 112 Å². The van der Waals surface area contributed by atoms with E-state index in [0.717, 1.165) is 21.9 Å². The molecule has 5 nitrogen and oxygen atoms in total. The van der Waals surface area contributed by atoms with Crippen LogP contribution in [0, 0.1) is 0 Å². The van der Waals surface area contributed by atoms with Gasteiger partial charge in [0.2, 0.25) is 0 Å². The first-order valence-electron chi connectivity index (χ1n) is 5.66. The second kappa shape index (κ2) is 3.80. The van der Waals surface area contributed by atoms with Crippen LogP contribution < -0.4 is 0 Å². The number of nitrogens with zero attached hydrogens (tertiary/aromatic N) is 3. The number of nitrogens with one attached hydrogen (secondary N) is 1. The Hall–Kier alpha value is -2.40. The van der Waals surface area contributed by atoms with Crippen LogP contribution in [0.5, 0.6) is 0 Å². The highest BCUT2D eigenvalue weighted by molar-refractivity contribution is 6.35. The summed E-state index contributed by atoms with van der Waals surface area (Å²) in [7, 11) is 0. The molecule has 1 aromatic carbocycles. The Bertz CT molecular complexity index is 882. The van der Waals surface area contributed by atoms with Gasteiger partial charge in [-0.2, -0.15) is 0 Å². The number of aromatic nitrogens is 4. The number of pyridine rings is 1. The van der Waals surface area contributed by atoms with Gasteiger partial charge >= 0.3 is 0 Å². The lowest BCUT2D eigenvalue weighted by Gasteiger charge is -1.98. The van der Waals surface area contributed by atoms with Crippen LogP contribution in [0.25, 0.3) is 33.5 Å². The van der Waals surface area contributed by atoms with Crippen molar-refractivity contribution >= 4 is 33.5 Å². The van der Waals surface area contributed by atoms with Gasteiger partial charge in [0.05, 0.1) is 22.3 Å². The van der Waals surface area contributed by atoms with E-state index in [1.54, 1.807) is 12.3 Å². The molecule has 0 saturated carbocycles. The number of rotatable bonds is 1. The molecule has 3 aromatic heterocycles. The number of H-pyrrole nitrogens is 1. The summed E-state index contributed by atoms with van der Waals surface area (Å²) in [5.74, 6) is 0.651. The SMILES string of the molecule is Clc1cccc2c1ncc1[nH]c(-c3ccon3)nc12. The summed E-state index contributed by atoms with van der Waals surface area (Å²) in [5, 5.41) is 5.39. The molecule has 0 aliphatic rings. The van der Waals surface area contributed by atoms with Crippen LogP contribution in [0.4, 0.5) is 0 Å². The largest absolute Gasteiger partial charge is 0.364 e. The van der Waals surface area contributed by atoms with E-state index in [0.29, 0.717) is 16.5 Å². The molecule has 0 spiro atoms. The summed E-state index contributed by atoms with van der Waals surface area (Å²) >= 11 is 6.14. The van der Waals surface area contributed by atoms with Crippen LogP contribution in [-0.4, -0.2) is 20.1 Å². The molecule has 6 heteroatoms. The third kappa shape index (κ3) is 1.52. The van der Waals surface area contributed by atoms with E-state index in [1.165, 1.54) is 6.26 Å². The van der Waals surface area contributed by atoms with Gasteiger partial charge in [-0.3, -0.25) is 4.98 Å². The maximum absolute atomic E-state index is 6.14. The molecule has 4 rings (SSSR count). The van der Waals surface area contributed by atoms with Crippen LogP contribution >= 0.6 is 11.6 Å². The third-order valence-electron chi connectivity index (χ3n) is 2.98. The highest BCUT2D eigenvalue weighted by Gasteiger charge is 2.12. The van der Waals surface area contributed by atoms with E-state index >= 15 is 0 Å². The van der Waals surface area contributed by atoms with Gasteiger partial charge < -0.3 is 9.51 Å². The summed E-state index contributed by atoms with van der Waals surface area (Å²) < 4.78 is 4.82. The number of para-hydroxylation sites is 1. The molecule has 0 saturated heterocycles. The van der Waals surface area contributed by atoms with Crippen LogP contribution in [0.1, 0.15) is 0 Å². The van der Waals surface area contributed by atoms with E-state index in [4.69, 9.17) is 16.1 Å². The molecule has 0 fully saturated rings. The van der Waals surface area contributed by atoms with Crippen molar-refractivity contribution in [2.45, 2.75) is 0 Å². The molecule has 0 bridgehead atoms. The minimum absolute atomic E-state index is 0.616. The lowest BCUT2D eigenvalue weighted by atomic mass is 10.2. The molecule has 0 atom stereocenters. The highest BCUT2D eigenvalue weighted by Crippen LogP contribution is 2.28. The topological polar surface area (TPSA) is 67.6 Å². The number of imidazole rings is 1. The molecule has 0 aliphatic carbocycles. The summed E-state index contributed by atoms with van der Waals surface area (Å²) in [6, 6.07) is 7.40. The molecule has 92 valence electrons. The fourth-order valence-electron chi connectivity index (χ4n) is 2.11. The Balaban J connectivity index is 2.09. The summed E-state index contributed by atoms with van der Waals surface area (Å²) in [5.41, 5.74) is 3.07. The van der Waals surface area contributed by atoms with Crippen molar-refractivity contribution < 1.29 is 4.52 Å². The van der Waals surface area contributed by atoms with Crippen molar-refractivity contribution in [2.75, 3.05) is 0 Å². The number of benzene rings is 1. The summed E-state index contributed by atoms with van der Waals surface area (Å²) in [6.45, 7) is 0. The van der Waals surface area contributed by atoms with Crippen molar-refractivity contribution in [1.82, 2.24) is 20.1 Å². The van der Waals surface area contributed by atoms with Gasteiger partial charge in [-0.05, 0) is 6.07 Å².